The fourth-order valence-electron chi connectivity index (χ4n) is 4.55. The number of methoxy groups -OCH3 is 4. The van der Waals surface area contributed by atoms with Crippen LogP contribution in [0, 0.1) is 0 Å². The summed E-state index contributed by atoms with van der Waals surface area (Å²) in [5, 5.41) is 4.75. The lowest BCUT2D eigenvalue weighted by Gasteiger charge is -2.25. The van der Waals surface area contributed by atoms with Gasteiger partial charge in [-0.2, -0.15) is 0 Å². The third-order valence-corrected chi connectivity index (χ3v) is 11.2. The van der Waals surface area contributed by atoms with Gasteiger partial charge in [-0.05, 0) is 43.0 Å². The van der Waals surface area contributed by atoms with Crippen LogP contribution < -0.4 is 20.7 Å². The highest BCUT2D eigenvalue weighted by atomic mass is 28.4. The van der Waals surface area contributed by atoms with E-state index in [0.717, 1.165) is 22.3 Å². The third kappa shape index (κ3) is 8.06. The van der Waals surface area contributed by atoms with Gasteiger partial charge < -0.3 is 23.1 Å². The summed E-state index contributed by atoms with van der Waals surface area (Å²) in [5.41, 5.74) is 4.53. The molecule has 0 saturated carbocycles. The van der Waals surface area contributed by atoms with E-state index in [4.69, 9.17) is 23.1 Å². The first-order valence-corrected chi connectivity index (χ1v) is 15.7. The molecule has 0 aliphatic carbocycles. The summed E-state index contributed by atoms with van der Waals surface area (Å²) in [6.07, 6.45) is 0. The molecule has 0 heterocycles. The molecule has 39 heavy (non-hydrogen) atoms. The molecule has 4 rings (SSSR count). The van der Waals surface area contributed by atoms with Crippen LogP contribution in [0.3, 0.4) is 0 Å². The van der Waals surface area contributed by atoms with Crippen LogP contribution in [0.25, 0.3) is 0 Å². The van der Waals surface area contributed by atoms with Crippen LogP contribution in [0.2, 0.25) is 0 Å². The molecule has 0 N–H and O–H groups in total. The lowest BCUT2D eigenvalue weighted by molar-refractivity contribution is 0.185. The minimum Gasteiger partial charge on any atom is -0.442 e. The Balaban J connectivity index is 1.84. The Morgan fingerprint density at radius 3 is 0.897 bits per heavy atom. The molecular formula is C32H36O5Si2. The smallest absolute Gasteiger partial charge is 0.272 e. The van der Waals surface area contributed by atoms with E-state index in [1.54, 1.807) is 28.4 Å². The summed E-state index contributed by atoms with van der Waals surface area (Å²) < 4.78 is 29.2. The van der Waals surface area contributed by atoms with Crippen molar-refractivity contribution < 1.29 is 23.1 Å². The van der Waals surface area contributed by atoms with Crippen LogP contribution in [-0.4, -0.2) is 46.5 Å². The molecule has 0 saturated heterocycles. The van der Waals surface area contributed by atoms with Crippen molar-refractivity contribution in [2.24, 2.45) is 0 Å². The van der Waals surface area contributed by atoms with E-state index in [2.05, 4.69) is 97.1 Å². The van der Waals surface area contributed by atoms with Crippen molar-refractivity contribution in [2.45, 2.75) is 26.4 Å². The van der Waals surface area contributed by atoms with Crippen molar-refractivity contribution in [3.05, 3.63) is 119 Å². The predicted octanol–water partition coefficient (Wildman–Crippen LogP) is 3.20. The molecular weight excluding hydrogens is 521 g/mol. The van der Waals surface area contributed by atoms with Crippen LogP contribution in [0.5, 0.6) is 0 Å². The van der Waals surface area contributed by atoms with Crippen LogP contribution in [-0.2, 0) is 49.5 Å². The van der Waals surface area contributed by atoms with Crippen molar-refractivity contribution >= 4 is 38.8 Å². The average molecular weight is 557 g/mol. The topological polar surface area (TPSA) is 46.2 Å². The Kier molecular flexibility index (Phi) is 11.2. The van der Waals surface area contributed by atoms with Crippen LogP contribution in [0.4, 0.5) is 0 Å². The second kappa shape index (κ2) is 15.0. The van der Waals surface area contributed by atoms with Gasteiger partial charge in [-0.25, -0.2) is 0 Å². The molecule has 0 fully saturated rings. The minimum absolute atomic E-state index is 0.558. The Bertz CT molecular complexity index is 1130. The van der Waals surface area contributed by atoms with E-state index in [1.165, 1.54) is 20.7 Å². The monoisotopic (exact) mass is 556 g/mol. The van der Waals surface area contributed by atoms with Gasteiger partial charge in [-0.3, -0.25) is 0 Å². The maximum atomic E-state index is 7.37. The summed E-state index contributed by atoms with van der Waals surface area (Å²) in [7, 11) is 3.61. The first kappa shape index (κ1) is 29.1. The second-order valence-electron chi connectivity index (χ2n) is 9.29. The van der Waals surface area contributed by atoms with Crippen molar-refractivity contribution in [3.63, 3.8) is 0 Å². The van der Waals surface area contributed by atoms with E-state index in [1.807, 2.05) is 0 Å². The molecule has 0 aliphatic heterocycles. The van der Waals surface area contributed by atoms with E-state index < -0.39 is 18.1 Å². The maximum Gasteiger partial charge on any atom is 0.272 e. The number of ether oxygens (including phenoxy) is 4. The van der Waals surface area contributed by atoms with Gasteiger partial charge in [0, 0.05) is 28.4 Å². The van der Waals surface area contributed by atoms with Crippen molar-refractivity contribution in [2.75, 3.05) is 28.4 Å². The quantitative estimate of drug-likeness (QED) is 0.223. The summed E-state index contributed by atoms with van der Waals surface area (Å²) in [6, 6.07) is 34.4. The average Bonchev–Trinajstić information content (AvgIpc) is 2.95. The first-order chi connectivity index (χ1) is 19.1. The van der Waals surface area contributed by atoms with Gasteiger partial charge in [0.2, 0.25) is 0 Å². The normalized spacial score (nSPS) is 11.4. The summed E-state index contributed by atoms with van der Waals surface area (Å²) in [4.78, 5) is 0. The molecule has 7 heteroatoms. The molecule has 0 aliphatic rings. The molecule has 0 bridgehead atoms. The van der Waals surface area contributed by atoms with Gasteiger partial charge in [-0.1, -0.05) is 97.1 Å². The molecule has 0 amide bonds. The fourth-order valence-corrected chi connectivity index (χ4v) is 10.2. The van der Waals surface area contributed by atoms with Gasteiger partial charge in [0.1, 0.15) is 0 Å². The van der Waals surface area contributed by atoms with E-state index in [0.29, 0.717) is 26.4 Å². The number of rotatable bonds is 14. The van der Waals surface area contributed by atoms with Gasteiger partial charge in [0.15, 0.2) is 0 Å². The Morgan fingerprint density at radius 1 is 0.410 bits per heavy atom. The zero-order valence-corrected chi connectivity index (χ0v) is 25.1. The molecule has 0 atom stereocenters. The molecule has 202 valence electrons. The highest BCUT2D eigenvalue weighted by Gasteiger charge is 2.29. The van der Waals surface area contributed by atoms with Crippen molar-refractivity contribution in [3.8, 4) is 0 Å². The second-order valence-corrected chi connectivity index (χ2v) is 13.7. The third-order valence-electron chi connectivity index (χ3n) is 6.20. The van der Waals surface area contributed by atoms with Crippen LogP contribution in [0.1, 0.15) is 22.3 Å². The van der Waals surface area contributed by atoms with Crippen molar-refractivity contribution in [1.82, 2.24) is 0 Å². The van der Waals surface area contributed by atoms with E-state index in [-0.39, 0.29) is 0 Å². The van der Waals surface area contributed by atoms with Crippen LogP contribution >= 0.6 is 0 Å². The molecule has 0 aromatic heterocycles. The lowest BCUT2D eigenvalue weighted by atomic mass is 10.2. The first-order valence-electron chi connectivity index (χ1n) is 12.9. The largest absolute Gasteiger partial charge is 0.442 e. The number of hydrogen-bond donors (Lipinski definition) is 0. The van der Waals surface area contributed by atoms with Gasteiger partial charge in [0.05, 0.1) is 26.4 Å². The van der Waals surface area contributed by atoms with Crippen molar-refractivity contribution in [1.29, 1.82) is 0 Å². The fraction of sp³-hybridized carbons (Fsp3) is 0.250. The zero-order valence-electron chi connectivity index (χ0n) is 23.1. The highest BCUT2D eigenvalue weighted by molar-refractivity contribution is 6.91. The van der Waals surface area contributed by atoms with Gasteiger partial charge in [-0.15, -0.1) is 0 Å². The molecule has 0 unspecified atom stereocenters. The zero-order chi connectivity index (χ0) is 27.5. The number of benzene rings is 4. The Morgan fingerprint density at radius 2 is 0.667 bits per heavy atom. The molecule has 4 aromatic carbocycles. The maximum absolute atomic E-state index is 7.37. The Labute approximate surface area is 235 Å². The molecule has 2 radical (unpaired) electrons. The Hall–Kier alpha value is -2.89. The lowest BCUT2D eigenvalue weighted by Crippen LogP contribution is -2.56. The van der Waals surface area contributed by atoms with E-state index >= 15 is 0 Å². The minimum atomic E-state index is -1.65. The van der Waals surface area contributed by atoms with Gasteiger partial charge >= 0.3 is 0 Å². The predicted molar refractivity (Wildman–Crippen MR) is 160 cm³/mol. The standard InChI is InChI=1S/C32H36O5Si2/c1-33-21-25-9-5-13-29(17-25)38(30-14-6-10-26(18-30)22-34-2)37-39(31-15-7-11-27(19-31)23-35-3)32-16-8-12-28(20-32)24-36-4/h5-20H,21-24H2,1-4H3. The molecule has 5 nitrogen and oxygen atoms in total. The summed E-state index contributed by atoms with van der Waals surface area (Å²) in [5.74, 6) is 0. The molecule has 0 spiro atoms. The van der Waals surface area contributed by atoms with Crippen LogP contribution in [0.15, 0.2) is 97.1 Å². The summed E-state index contributed by atoms with van der Waals surface area (Å²) >= 11 is 0. The van der Waals surface area contributed by atoms with Gasteiger partial charge in [0.25, 0.3) is 18.1 Å². The number of hydrogen-bond acceptors (Lipinski definition) is 5. The highest BCUT2D eigenvalue weighted by Crippen LogP contribution is 2.09. The SMILES string of the molecule is COCc1cccc([Si](O[Si](c2cccc(COC)c2)c2cccc(COC)c2)c2cccc(COC)c2)c1. The molecule has 4 aromatic rings. The van der Waals surface area contributed by atoms with E-state index in [9.17, 15) is 0 Å². The summed E-state index contributed by atoms with van der Waals surface area (Å²) in [6.45, 7) is 2.23.